The van der Waals surface area contributed by atoms with Crippen molar-refractivity contribution in [3.8, 4) is 0 Å². The molecule has 0 aliphatic heterocycles. The van der Waals surface area contributed by atoms with Gasteiger partial charge in [0.1, 0.15) is 11.4 Å². The monoisotopic (exact) mass is 281 g/mol. The van der Waals surface area contributed by atoms with Crippen LogP contribution >= 0.6 is 0 Å². The molecule has 1 heterocycles. The lowest BCUT2D eigenvalue weighted by Gasteiger charge is -2.29. The summed E-state index contributed by atoms with van der Waals surface area (Å²) in [5.41, 5.74) is 0.119. The third kappa shape index (κ3) is 2.30. The van der Waals surface area contributed by atoms with Gasteiger partial charge in [-0.05, 0) is 41.1 Å². The Balaban J connectivity index is 2.27. The van der Waals surface area contributed by atoms with Crippen molar-refractivity contribution >= 4 is 10.8 Å². The summed E-state index contributed by atoms with van der Waals surface area (Å²) >= 11 is 0. The van der Waals surface area contributed by atoms with Gasteiger partial charge in [-0.25, -0.2) is 4.39 Å². The van der Waals surface area contributed by atoms with E-state index in [4.69, 9.17) is 0 Å². The Kier molecular flexibility index (Phi) is 3.43. The number of benzene rings is 2. The first-order valence-corrected chi connectivity index (χ1v) is 6.97. The Morgan fingerprint density at radius 1 is 1.14 bits per heavy atom. The highest BCUT2D eigenvalue weighted by Gasteiger charge is 2.31. The van der Waals surface area contributed by atoms with Crippen LogP contribution in [-0.2, 0) is 5.60 Å². The van der Waals surface area contributed by atoms with Crippen LogP contribution in [0.15, 0.2) is 60.9 Å². The number of hydrogen-bond donors (Lipinski definition) is 1. The summed E-state index contributed by atoms with van der Waals surface area (Å²) in [7, 11) is 0. The number of rotatable bonds is 3. The number of fused-ring (bicyclic) bond motifs is 1. The highest BCUT2D eigenvalue weighted by atomic mass is 19.1. The minimum Gasteiger partial charge on any atom is -0.380 e. The van der Waals surface area contributed by atoms with E-state index in [-0.39, 0.29) is 5.82 Å². The van der Waals surface area contributed by atoms with Crippen molar-refractivity contribution < 1.29 is 9.50 Å². The van der Waals surface area contributed by atoms with E-state index >= 15 is 0 Å². The van der Waals surface area contributed by atoms with Crippen molar-refractivity contribution in [1.82, 2.24) is 4.98 Å². The van der Waals surface area contributed by atoms with Crippen LogP contribution in [0.25, 0.3) is 10.8 Å². The lowest BCUT2D eigenvalue weighted by atomic mass is 9.82. The lowest BCUT2D eigenvalue weighted by Crippen LogP contribution is -2.26. The van der Waals surface area contributed by atoms with Crippen LogP contribution in [0.5, 0.6) is 0 Å². The molecule has 2 aromatic carbocycles. The molecule has 0 radical (unpaired) electrons. The second kappa shape index (κ2) is 5.26. The molecule has 0 saturated carbocycles. The molecule has 3 aromatic rings. The summed E-state index contributed by atoms with van der Waals surface area (Å²) in [4.78, 5) is 4.11. The highest BCUT2D eigenvalue weighted by molar-refractivity contribution is 5.86. The van der Waals surface area contributed by atoms with Crippen LogP contribution in [0.3, 0.4) is 0 Å². The molecule has 0 spiro atoms. The summed E-state index contributed by atoms with van der Waals surface area (Å²) in [6.07, 6.45) is 3.92. The zero-order valence-corrected chi connectivity index (χ0v) is 11.8. The van der Waals surface area contributed by atoms with Gasteiger partial charge in [-0.2, -0.15) is 0 Å². The molecule has 0 bridgehead atoms. The van der Waals surface area contributed by atoms with E-state index in [2.05, 4.69) is 4.98 Å². The van der Waals surface area contributed by atoms with Crippen LogP contribution in [0.4, 0.5) is 4.39 Å². The summed E-state index contributed by atoms with van der Waals surface area (Å²) in [6.45, 7) is 1.89. The van der Waals surface area contributed by atoms with Gasteiger partial charge < -0.3 is 5.11 Å². The van der Waals surface area contributed by atoms with E-state index in [1.54, 1.807) is 24.5 Å². The van der Waals surface area contributed by atoms with Gasteiger partial charge in [-0.15, -0.1) is 0 Å². The first-order chi connectivity index (χ1) is 10.1. The standard InChI is InChI=1S/C18H16FNO/c1-2-18(21,14-6-4-7-15(19)11-14)17-8-3-5-13-12-20-10-9-16(13)17/h3-12,21H,2H2,1H3. The minimum atomic E-state index is -1.22. The summed E-state index contributed by atoms with van der Waals surface area (Å²) in [5, 5.41) is 13.1. The molecule has 21 heavy (non-hydrogen) atoms. The van der Waals surface area contributed by atoms with Crippen molar-refractivity contribution in [1.29, 1.82) is 0 Å². The number of pyridine rings is 1. The van der Waals surface area contributed by atoms with Gasteiger partial charge in [0.2, 0.25) is 0 Å². The van der Waals surface area contributed by atoms with Crippen LogP contribution in [0.1, 0.15) is 24.5 Å². The maximum absolute atomic E-state index is 13.5. The first kappa shape index (κ1) is 13.7. The van der Waals surface area contributed by atoms with Gasteiger partial charge in [0.05, 0.1) is 0 Å². The molecule has 1 aromatic heterocycles. The van der Waals surface area contributed by atoms with Gasteiger partial charge in [-0.3, -0.25) is 4.98 Å². The molecule has 0 saturated heterocycles. The van der Waals surface area contributed by atoms with Gasteiger partial charge in [0, 0.05) is 17.8 Å². The van der Waals surface area contributed by atoms with E-state index in [0.717, 1.165) is 16.3 Å². The molecule has 3 rings (SSSR count). The van der Waals surface area contributed by atoms with Crippen LogP contribution in [0, 0.1) is 5.82 Å². The Bertz CT molecular complexity index is 782. The fourth-order valence-electron chi connectivity index (χ4n) is 2.78. The lowest BCUT2D eigenvalue weighted by molar-refractivity contribution is 0.0777. The molecule has 2 nitrogen and oxygen atoms in total. The summed E-state index contributed by atoms with van der Waals surface area (Å²) in [6, 6.07) is 13.8. The molecule has 1 atom stereocenters. The molecule has 0 aliphatic carbocycles. The van der Waals surface area contributed by atoms with Gasteiger partial charge >= 0.3 is 0 Å². The Labute approximate surface area is 122 Å². The zero-order chi connectivity index (χ0) is 14.9. The predicted octanol–water partition coefficient (Wildman–Crippen LogP) is 4.02. The van der Waals surface area contributed by atoms with Crippen LogP contribution in [-0.4, -0.2) is 10.1 Å². The van der Waals surface area contributed by atoms with Crippen molar-refractivity contribution in [2.24, 2.45) is 0 Å². The third-order valence-corrected chi connectivity index (χ3v) is 3.94. The highest BCUT2D eigenvalue weighted by Crippen LogP contribution is 2.36. The zero-order valence-electron chi connectivity index (χ0n) is 11.8. The van der Waals surface area contributed by atoms with Crippen molar-refractivity contribution in [3.05, 3.63) is 77.9 Å². The Morgan fingerprint density at radius 3 is 2.71 bits per heavy atom. The molecule has 0 aliphatic rings. The Hall–Kier alpha value is -2.26. The van der Waals surface area contributed by atoms with Crippen LogP contribution < -0.4 is 0 Å². The first-order valence-electron chi connectivity index (χ1n) is 6.97. The second-order valence-corrected chi connectivity index (χ2v) is 5.13. The van der Waals surface area contributed by atoms with Crippen molar-refractivity contribution in [2.45, 2.75) is 18.9 Å². The minimum absolute atomic E-state index is 0.346. The Morgan fingerprint density at radius 2 is 1.95 bits per heavy atom. The molecule has 1 N–H and O–H groups in total. The number of hydrogen-bond acceptors (Lipinski definition) is 2. The summed E-state index contributed by atoms with van der Waals surface area (Å²) in [5.74, 6) is -0.346. The van der Waals surface area contributed by atoms with E-state index < -0.39 is 5.60 Å². The molecule has 1 unspecified atom stereocenters. The van der Waals surface area contributed by atoms with Gasteiger partial charge in [0.25, 0.3) is 0 Å². The van der Waals surface area contributed by atoms with Crippen molar-refractivity contribution in [3.63, 3.8) is 0 Å². The van der Waals surface area contributed by atoms with E-state index in [9.17, 15) is 9.50 Å². The number of aliphatic hydroxyl groups is 1. The molecule has 0 fully saturated rings. The van der Waals surface area contributed by atoms with E-state index in [1.165, 1.54) is 12.1 Å². The predicted molar refractivity (Wildman–Crippen MR) is 81.4 cm³/mol. The average molecular weight is 281 g/mol. The molecular weight excluding hydrogens is 265 g/mol. The topological polar surface area (TPSA) is 33.1 Å². The molecule has 3 heteroatoms. The average Bonchev–Trinajstić information content (AvgIpc) is 2.53. The van der Waals surface area contributed by atoms with E-state index in [1.807, 2.05) is 31.2 Å². The SMILES string of the molecule is CCC(O)(c1cccc(F)c1)c1cccc2cnccc12. The number of aromatic nitrogens is 1. The van der Waals surface area contributed by atoms with Gasteiger partial charge in [0.15, 0.2) is 0 Å². The molecule has 106 valence electrons. The number of halogens is 1. The fraction of sp³-hybridized carbons (Fsp3) is 0.167. The molecule has 0 amide bonds. The summed E-state index contributed by atoms with van der Waals surface area (Å²) < 4.78 is 13.5. The molecular formula is C18H16FNO. The van der Waals surface area contributed by atoms with Crippen LogP contribution in [0.2, 0.25) is 0 Å². The third-order valence-electron chi connectivity index (χ3n) is 3.94. The maximum atomic E-state index is 13.5. The fourth-order valence-corrected chi connectivity index (χ4v) is 2.78. The smallest absolute Gasteiger partial charge is 0.123 e. The van der Waals surface area contributed by atoms with Gasteiger partial charge in [-0.1, -0.05) is 37.3 Å². The quantitative estimate of drug-likeness (QED) is 0.786. The second-order valence-electron chi connectivity index (χ2n) is 5.13. The number of nitrogens with zero attached hydrogens (tertiary/aromatic N) is 1. The normalized spacial score (nSPS) is 14.0. The maximum Gasteiger partial charge on any atom is 0.123 e. The largest absolute Gasteiger partial charge is 0.380 e. The van der Waals surface area contributed by atoms with E-state index in [0.29, 0.717) is 12.0 Å². The van der Waals surface area contributed by atoms with Crippen molar-refractivity contribution in [2.75, 3.05) is 0 Å².